The van der Waals surface area contributed by atoms with Crippen molar-refractivity contribution in [1.82, 2.24) is 0 Å². The Bertz CT molecular complexity index is 490. The molecule has 0 fully saturated rings. The fourth-order valence-corrected chi connectivity index (χ4v) is 1.56. The smallest absolute Gasteiger partial charge is 0.343 e. The fraction of sp³-hybridized carbons (Fsp3) is 0.167. The van der Waals surface area contributed by atoms with Crippen LogP contribution in [0.2, 0.25) is 5.02 Å². The summed E-state index contributed by atoms with van der Waals surface area (Å²) in [5, 5.41) is 17.7. The van der Waals surface area contributed by atoms with Crippen LogP contribution in [-0.4, -0.2) is 23.9 Å². The zero-order valence-electron chi connectivity index (χ0n) is 9.45. The number of methoxy groups -OCH3 is 1. The third-order valence-electron chi connectivity index (χ3n) is 2.14. The highest BCUT2D eigenvalue weighted by Crippen LogP contribution is 2.20. The molecule has 0 aliphatic carbocycles. The molecule has 0 atom stereocenters. The van der Waals surface area contributed by atoms with Crippen LogP contribution in [0.25, 0.3) is 0 Å². The molecule has 0 heterocycles. The van der Waals surface area contributed by atoms with Gasteiger partial charge in [-0.3, -0.25) is 5.41 Å². The van der Waals surface area contributed by atoms with Gasteiger partial charge in [0.1, 0.15) is 11.3 Å². The van der Waals surface area contributed by atoms with Crippen molar-refractivity contribution in [1.29, 1.82) is 5.41 Å². The number of hydrogen-bond acceptors (Lipinski definition) is 4. The number of esters is 1. The van der Waals surface area contributed by atoms with E-state index in [1.54, 1.807) is 24.3 Å². The van der Waals surface area contributed by atoms with E-state index in [0.717, 1.165) is 0 Å². The first-order valence-electron chi connectivity index (χ1n) is 4.81. The molecular formula is C12H12ClNO3. The number of ether oxygens (including phenoxy) is 1. The molecule has 5 heteroatoms. The van der Waals surface area contributed by atoms with E-state index in [2.05, 4.69) is 4.74 Å². The maximum Gasteiger partial charge on any atom is 0.343 e. The van der Waals surface area contributed by atoms with E-state index in [9.17, 15) is 9.90 Å². The molecular weight excluding hydrogens is 242 g/mol. The van der Waals surface area contributed by atoms with Gasteiger partial charge in [0.05, 0.1) is 12.8 Å². The number of aliphatic hydroxyl groups is 1. The van der Waals surface area contributed by atoms with Gasteiger partial charge in [-0.1, -0.05) is 29.8 Å². The summed E-state index contributed by atoms with van der Waals surface area (Å²) in [7, 11) is 1.19. The maximum absolute atomic E-state index is 11.5. The van der Waals surface area contributed by atoms with Gasteiger partial charge in [0.25, 0.3) is 0 Å². The van der Waals surface area contributed by atoms with Crippen LogP contribution in [0.1, 0.15) is 12.5 Å². The Kier molecular flexibility index (Phi) is 4.29. The maximum atomic E-state index is 11.5. The summed E-state index contributed by atoms with van der Waals surface area (Å²) in [6.07, 6.45) is 0. The molecule has 0 saturated heterocycles. The lowest BCUT2D eigenvalue weighted by Gasteiger charge is -2.09. The minimum atomic E-state index is -0.769. The number of nitrogens with one attached hydrogen (secondary N) is 1. The Hall–Kier alpha value is -1.81. The lowest BCUT2D eigenvalue weighted by molar-refractivity contribution is -0.135. The highest BCUT2D eigenvalue weighted by Gasteiger charge is 2.21. The molecule has 0 saturated carbocycles. The van der Waals surface area contributed by atoms with Crippen LogP contribution >= 0.6 is 11.6 Å². The molecule has 0 bridgehead atoms. The highest BCUT2D eigenvalue weighted by atomic mass is 35.5. The monoisotopic (exact) mass is 253 g/mol. The summed E-state index contributed by atoms with van der Waals surface area (Å²) in [4.78, 5) is 11.5. The van der Waals surface area contributed by atoms with E-state index in [1.807, 2.05) is 0 Å². The van der Waals surface area contributed by atoms with Crippen LogP contribution in [0.4, 0.5) is 0 Å². The zero-order valence-corrected chi connectivity index (χ0v) is 10.2. The van der Waals surface area contributed by atoms with Gasteiger partial charge in [0.15, 0.2) is 0 Å². The number of carbonyl (C=O) groups is 1. The zero-order chi connectivity index (χ0) is 13.0. The number of rotatable bonds is 3. The molecule has 1 aromatic carbocycles. The minimum Gasteiger partial charge on any atom is -0.512 e. The third kappa shape index (κ3) is 2.85. The number of carbonyl (C=O) groups excluding carboxylic acids is 1. The first-order valence-corrected chi connectivity index (χ1v) is 5.18. The Labute approximate surface area is 104 Å². The first kappa shape index (κ1) is 13.3. The Morgan fingerprint density at radius 2 is 2.00 bits per heavy atom. The average molecular weight is 254 g/mol. The number of hydrogen-bond donors (Lipinski definition) is 2. The largest absolute Gasteiger partial charge is 0.512 e. The Morgan fingerprint density at radius 1 is 1.41 bits per heavy atom. The predicted molar refractivity (Wildman–Crippen MR) is 65.6 cm³/mol. The van der Waals surface area contributed by atoms with Crippen molar-refractivity contribution < 1.29 is 14.6 Å². The molecule has 1 rings (SSSR count). The van der Waals surface area contributed by atoms with Crippen LogP contribution in [0.15, 0.2) is 35.6 Å². The van der Waals surface area contributed by atoms with E-state index < -0.39 is 5.97 Å². The number of aliphatic hydroxyl groups excluding tert-OH is 1. The molecule has 0 aliphatic rings. The lowest BCUT2D eigenvalue weighted by atomic mass is 10.0. The molecule has 2 N–H and O–H groups in total. The normalized spacial score (nSPS) is 11.7. The molecule has 4 nitrogen and oxygen atoms in total. The van der Waals surface area contributed by atoms with Crippen molar-refractivity contribution in [3.05, 3.63) is 46.2 Å². The SMILES string of the molecule is COC(=O)/C(C(=N)c1ccccc1Cl)=C(\C)O. The fourth-order valence-electron chi connectivity index (χ4n) is 1.33. The minimum absolute atomic E-state index is 0.164. The van der Waals surface area contributed by atoms with E-state index in [4.69, 9.17) is 17.0 Å². The molecule has 1 aromatic rings. The molecule has 17 heavy (non-hydrogen) atoms. The molecule has 0 radical (unpaired) electrons. The van der Waals surface area contributed by atoms with Gasteiger partial charge in [-0.2, -0.15) is 0 Å². The molecule has 0 amide bonds. The second kappa shape index (κ2) is 5.50. The second-order valence-corrected chi connectivity index (χ2v) is 3.71. The summed E-state index contributed by atoms with van der Waals surface area (Å²) in [5.74, 6) is -1.04. The molecule has 90 valence electrons. The van der Waals surface area contributed by atoms with E-state index in [0.29, 0.717) is 10.6 Å². The summed E-state index contributed by atoms with van der Waals surface area (Å²) in [5.41, 5.74) is 0.00557. The van der Waals surface area contributed by atoms with Gasteiger partial charge in [-0.05, 0) is 13.0 Å². The molecule has 0 aromatic heterocycles. The summed E-state index contributed by atoms with van der Waals surface area (Å²) < 4.78 is 4.52. The van der Waals surface area contributed by atoms with Crippen molar-refractivity contribution >= 4 is 23.3 Å². The van der Waals surface area contributed by atoms with Gasteiger partial charge in [0, 0.05) is 10.6 Å². The molecule has 0 aliphatic heterocycles. The molecule has 0 spiro atoms. The number of halogens is 1. The second-order valence-electron chi connectivity index (χ2n) is 3.31. The lowest BCUT2D eigenvalue weighted by Crippen LogP contribution is -2.17. The Morgan fingerprint density at radius 3 is 2.47 bits per heavy atom. The topological polar surface area (TPSA) is 70.4 Å². The van der Waals surface area contributed by atoms with Crippen LogP contribution in [0, 0.1) is 5.41 Å². The van der Waals surface area contributed by atoms with Crippen molar-refractivity contribution in [3.63, 3.8) is 0 Å². The van der Waals surface area contributed by atoms with Crippen molar-refractivity contribution in [2.45, 2.75) is 6.92 Å². The van der Waals surface area contributed by atoms with Crippen LogP contribution in [0.5, 0.6) is 0 Å². The number of allylic oxidation sites excluding steroid dienone is 1. The van der Waals surface area contributed by atoms with E-state index >= 15 is 0 Å². The van der Waals surface area contributed by atoms with Crippen molar-refractivity contribution in [2.75, 3.05) is 7.11 Å². The van der Waals surface area contributed by atoms with Gasteiger partial charge in [-0.15, -0.1) is 0 Å². The first-order chi connectivity index (χ1) is 7.99. The van der Waals surface area contributed by atoms with Crippen LogP contribution in [-0.2, 0) is 9.53 Å². The molecule has 0 unspecified atom stereocenters. The summed E-state index contributed by atoms with van der Waals surface area (Å²) >= 11 is 5.92. The van der Waals surface area contributed by atoms with Gasteiger partial charge in [0.2, 0.25) is 0 Å². The summed E-state index contributed by atoms with van der Waals surface area (Å²) in [6.45, 7) is 1.32. The van der Waals surface area contributed by atoms with Crippen molar-refractivity contribution in [3.8, 4) is 0 Å². The predicted octanol–water partition coefficient (Wildman–Crippen LogP) is 2.71. The number of benzene rings is 1. The quantitative estimate of drug-likeness (QED) is 0.377. The average Bonchev–Trinajstić information content (AvgIpc) is 2.28. The Balaban J connectivity index is 3.25. The highest BCUT2D eigenvalue weighted by molar-refractivity contribution is 6.37. The van der Waals surface area contributed by atoms with Gasteiger partial charge < -0.3 is 9.84 Å². The van der Waals surface area contributed by atoms with Gasteiger partial charge in [-0.25, -0.2) is 4.79 Å². The van der Waals surface area contributed by atoms with Gasteiger partial charge >= 0.3 is 5.97 Å². The van der Waals surface area contributed by atoms with E-state index in [1.165, 1.54) is 14.0 Å². The van der Waals surface area contributed by atoms with Crippen molar-refractivity contribution in [2.24, 2.45) is 0 Å². The van der Waals surface area contributed by atoms with Crippen LogP contribution in [0.3, 0.4) is 0 Å². The summed E-state index contributed by atoms with van der Waals surface area (Å²) in [6, 6.07) is 6.60. The third-order valence-corrected chi connectivity index (χ3v) is 2.47. The standard InChI is InChI=1S/C12H12ClNO3/c1-7(15)10(12(16)17-2)11(14)8-5-3-4-6-9(8)13/h3-6,14-15H,1-2H3/b10-7+,14-11?. The van der Waals surface area contributed by atoms with E-state index in [-0.39, 0.29) is 17.0 Å². The van der Waals surface area contributed by atoms with Crippen LogP contribution < -0.4 is 0 Å².